The molecule has 29 heavy (non-hydrogen) atoms. The van der Waals surface area contributed by atoms with E-state index in [1.54, 1.807) is 11.3 Å². The van der Waals surface area contributed by atoms with Crippen molar-refractivity contribution in [1.82, 2.24) is 4.98 Å². The van der Waals surface area contributed by atoms with Crippen molar-refractivity contribution in [3.8, 4) is 11.3 Å². The summed E-state index contributed by atoms with van der Waals surface area (Å²) in [6.45, 7) is 4.14. The summed E-state index contributed by atoms with van der Waals surface area (Å²) in [6, 6.07) is 24.5. The number of aromatic nitrogens is 1. The summed E-state index contributed by atoms with van der Waals surface area (Å²) >= 11 is 1.59. The number of benzene rings is 3. The lowest BCUT2D eigenvalue weighted by Crippen LogP contribution is -2.07. The molecule has 1 N–H and O–H groups in total. The van der Waals surface area contributed by atoms with Crippen LogP contribution in [0, 0.1) is 13.8 Å². The minimum absolute atomic E-state index is 0.768. The summed E-state index contributed by atoms with van der Waals surface area (Å²) < 4.78 is 7.32. The van der Waals surface area contributed by atoms with Gasteiger partial charge in [0, 0.05) is 17.0 Å². The van der Waals surface area contributed by atoms with Crippen LogP contribution in [0.3, 0.4) is 0 Å². The van der Waals surface area contributed by atoms with Gasteiger partial charge < -0.3 is 4.42 Å². The number of hydrogen-bond acceptors (Lipinski definition) is 5. The standard InChI is InChI=1S/C24H19N3OS/c1-15-7-10-17(11-8-15)22-14-20(18-13-16(2)9-12-21(18)28-22)26-27-24-25-19-5-3-4-6-23(19)29-24/h3-14H,1-2H3,(H,25,27)/b26-20+. The lowest BCUT2D eigenvalue weighted by molar-refractivity contribution is 0.618. The van der Waals surface area contributed by atoms with E-state index in [-0.39, 0.29) is 0 Å². The Morgan fingerprint density at radius 3 is 2.52 bits per heavy atom. The predicted octanol–water partition coefficient (Wildman–Crippen LogP) is 6.25. The van der Waals surface area contributed by atoms with Gasteiger partial charge in [-0.2, -0.15) is 5.10 Å². The fourth-order valence-corrected chi connectivity index (χ4v) is 4.07. The molecule has 4 nitrogen and oxygen atoms in total. The van der Waals surface area contributed by atoms with E-state index in [9.17, 15) is 0 Å². The van der Waals surface area contributed by atoms with E-state index in [0.29, 0.717) is 0 Å². The Morgan fingerprint density at radius 1 is 0.897 bits per heavy atom. The van der Waals surface area contributed by atoms with Crippen molar-refractivity contribution in [2.24, 2.45) is 5.10 Å². The number of para-hydroxylation sites is 1. The van der Waals surface area contributed by atoms with Gasteiger partial charge in [-0.25, -0.2) is 4.98 Å². The van der Waals surface area contributed by atoms with Crippen LogP contribution in [0.4, 0.5) is 5.13 Å². The molecular weight excluding hydrogens is 378 g/mol. The van der Waals surface area contributed by atoms with Crippen LogP contribution in [0.15, 0.2) is 82.3 Å². The minimum atomic E-state index is 0.768. The lowest BCUT2D eigenvalue weighted by Gasteiger charge is -2.06. The van der Waals surface area contributed by atoms with E-state index >= 15 is 0 Å². The summed E-state index contributed by atoms with van der Waals surface area (Å²) in [5.74, 6) is 0.784. The molecule has 5 rings (SSSR count). The monoisotopic (exact) mass is 397 g/mol. The van der Waals surface area contributed by atoms with Gasteiger partial charge in [0.15, 0.2) is 0 Å². The van der Waals surface area contributed by atoms with E-state index in [0.717, 1.165) is 48.6 Å². The number of hydrogen-bond donors (Lipinski definition) is 1. The van der Waals surface area contributed by atoms with Gasteiger partial charge >= 0.3 is 0 Å². The summed E-state index contributed by atoms with van der Waals surface area (Å²) in [7, 11) is 0. The van der Waals surface area contributed by atoms with Gasteiger partial charge in [0.1, 0.15) is 11.3 Å². The van der Waals surface area contributed by atoms with Gasteiger partial charge in [0.2, 0.25) is 5.13 Å². The number of nitrogens with one attached hydrogen (secondary N) is 1. The molecule has 0 atom stereocenters. The Kier molecular flexibility index (Phi) is 4.37. The number of thiazole rings is 1. The fraction of sp³-hybridized carbons (Fsp3) is 0.0833. The Hall–Kier alpha value is -3.44. The SMILES string of the molecule is Cc1ccc(-c2c/c(=N\Nc3nc4ccccc4s3)c3cc(C)ccc3o2)cc1. The Labute approximate surface area is 172 Å². The molecule has 5 heteroatoms. The number of fused-ring (bicyclic) bond motifs is 2. The van der Waals surface area contributed by atoms with Crippen LogP contribution < -0.4 is 10.8 Å². The first kappa shape index (κ1) is 17.6. The van der Waals surface area contributed by atoms with Gasteiger partial charge in [-0.3, -0.25) is 5.43 Å². The van der Waals surface area contributed by atoms with Gasteiger partial charge in [-0.05, 0) is 38.1 Å². The summed E-state index contributed by atoms with van der Waals surface area (Å²) in [5, 5.41) is 7.24. The molecule has 0 aliphatic heterocycles. The molecule has 0 amide bonds. The average molecular weight is 398 g/mol. The molecule has 2 heterocycles. The van der Waals surface area contributed by atoms with Crippen LogP contribution in [0.5, 0.6) is 0 Å². The molecule has 0 spiro atoms. The van der Waals surface area contributed by atoms with Crippen LogP contribution in [0.1, 0.15) is 11.1 Å². The fourth-order valence-electron chi connectivity index (χ4n) is 3.26. The Bertz CT molecular complexity index is 1360. The quantitative estimate of drug-likeness (QED) is 0.366. The third kappa shape index (κ3) is 3.52. The zero-order valence-corrected chi connectivity index (χ0v) is 17.0. The second kappa shape index (κ2) is 7.18. The van der Waals surface area contributed by atoms with E-state index < -0.39 is 0 Å². The van der Waals surface area contributed by atoms with Crippen LogP contribution in [0.2, 0.25) is 0 Å². The Morgan fingerprint density at radius 2 is 1.69 bits per heavy atom. The molecule has 3 aromatic carbocycles. The van der Waals surface area contributed by atoms with Crippen molar-refractivity contribution < 1.29 is 4.42 Å². The molecular formula is C24H19N3OS. The van der Waals surface area contributed by atoms with Crippen molar-refractivity contribution in [3.63, 3.8) is 0 Å². The molecule has 2 aromatic heterocycles. The molecule has 0 saturated heterocycles. The van der Waals surface area contributed by atoms with Crippen LogP contribution in [-0.2, 0) is 0 Å². The second-order valence-electron chi connectivity index (χ2n) is 7.07. The van der Waals surface area contributed by atoms with Gasteiger partial charge in [-0.15, -0.1) is 0 Å². The third-order valence-electron chi connectivity index (χ3n) is 4.80. The highest BCUT2D eigenvalue weighted by molar-refractivity contribution is 7.22. The van der Waals surface area contributed by atoms with Crippen molar-refractivity contribution in [2.45, 2.75) is 13.8 Å². The number of rotatable bonds is 3. The van der Waals surface area contributed by atoms with Gasteiger partial charge in [0.05, 0.1) is 15.6 Å². The van der Waals surface area contributed by atoms with Crippen molar-refractivity contribution >= 4 is 37.7 Å². The van der Waals surface area contributed by atoms with Crippen LogP contribution >= 0.6 is 11.3 Å². The van der Waals surface area contributed by atoms with Gasteiger partial charge in [-0.1, -0.05) is 64.9 Å². The van der Waals surface area contributed by atoms with Crippen LogP contribution in [0.25, 0.3) is 32.5 Å². The summed E-state index contributed by atoms with van der Waals surface area (Å²) in [6.07, 6.45) is 0. The molecule has 0 aliphatic carbocycles. The average Bonchev–Trinajstić information content (AvgIpc) is 3.15. The first-order chi connectivity index (χ1) is 14.2. The van der Waals surface area contributed by atoms with E-state index in [4.69, 9.17) is 4.42 Å². The molecule has 142 valence electrons. The molecule has 0 bridgehead atoms. The van der Waals surface area contributed by atoms with Crippen molar-refractivity contribution in [2.75, 3.05) is 5.43 Å². The smallest absolute Gasteiger partial charge is 0.204 e. The molecule has 0 unspecified atom stereocenters. The zero-order valence-electron chi connectivity index (χ0n) is 16.1. The largest absolute Gasteiger partial charge is 0.456 e. The first-order valence-corrected chi connectivity index (χ1v) is 10.2. The van der Waals surface area contributed by atoms with Crippen LogP contribution in [-0.4, -0.2) is 4.98 Å². The van der Waals surface area contributed by atoms with E-state index in [2.05, 4.69) is 71.8 Å². The predicted molar refractivity (Wildman–Crippen MR) is 120 cm³/mol. The summed E-state index contributed by atoms with van der Waals surface area (Å²) in [5.41, 5.74) is 8.31. The zero-order chi connectivity index (χ0) is 19.8. The highest BCUT2D eigenvalue weighted by Gasteiger charge is 2.07. The maximum Gasteiger partial charge on any atom is 0.204 e. The first-order valence-electron chi connectivity index (χ1n) is 9.43. The van der Waals surface area contributed by atoms with Crippen molar-refractivity contribution in [1.29, 1.82) is 0 Å². The molecule has 0 radical (unpaired) electrons. The van der Waals surface area contributed by atoms with E-state index in [1.807, 2.05) is 30.3 Å². The number of nitrogens with zero attached hydrogens (tertiary/aromatic N) is 2. The molecule has 0 aliphatic rings. The minimum Gasteiger partial charge on any atom is -0.456 e. The highest BCUT2D eigenvalue weighted by Crippen LogP contribution is 2.26. The number of aryl methyl sites for hydroxylation is 2. The second-order valence-corrected chi connectivity index (χ2v) is 8.10. The molecule has 5 aromatic rings. The Balaban J connectivity index is 1.64. The van der Waals surface area contributed by atoms with Gasteiger partial charge in [0.25, 0.3) is 0 Å². The highest BCUT2D eigenvalue weighted by atomic mass is 32.1. The molecule has 0 fully saturated rings. The maximum atomic E-state index is 6.18. The molecule has 0 saturated carbocycles. The lowest BCUT2D eigenvalue weighted by atomic mass is 10.1. The summed E-state index contributed by atoms with van der Waals surface area (Å²) in [4.78, 5) is 4.61. The third-order valence-corrected chi connectivity index (χ3v) is 5.74. The number of anilines is 1. The van der Waals surface area contributed by atoms with E-state index in [1.165, 1.54) is 5.56 Å². The maximum absolute atomic E-state index is 6.18. The topological polar surface area (TPSA) is 50.4 Å². The normalized spacial score (nSPS) is 12.0. The van der Waals surface area contributed by atoms with Crippen molar-refractivity contribution in [3.05, 3.63) is 89.3 Å².